The lowest BCUT2D eigenvalue weighted by molar-refractivity contribution is -0.130. The molecule has 0 aromatic heterocycles. The molecule has 0 radical (unpaired) electrons. The fourth-order valence-electron chi connectivity index (χ4n) is 0. The molecule has 3 nitrogen and oxygen atoms in total. The first-order valence-electron chi connectivity index (χ1n) is 0.901. The summed E-state index contributed by atoms with van der Waals surface area (Å²) in [6.45, 7) is 0. The van der Waals surface area contributed by atoms with Gasteiger partial charge >= 0.3 is 5.97 Å². The minimum atomic E-state index is -1.44. The fourth-order valence-corrected chi connectivity index (χ4v) is 0. The molecule has 0 aliphatic carbocycles. The van der Waals surface area contributed by atoms with Crippen LogP contribution < -0.4 is 0 Å². The van der Waals surface area contributed by atoms with Crippen LogP contribution in [0, 0.1) is 11.3 Å². The van der Waals surface area contributed by atoms with E-state index in [0.29, 0.717) is 0 Å². The zero-order chi connectivity index (χ0) is 4.28. The van der Waals surface area contributed by atoms with Gasteiger partial charge in [0.05, 0.1) is 0 Å². The highest BCUT2D eigenvalue weighted by atomic mass is 16.4. The monoisotopic (exact) mass is 71.0 g/mol. The van der Waals surface area contributed by atoms with Crippen molar-refractivity contribution in [3.05, 3.63) is 0 Å². The molecule has 0 aliphatic rings. The van der Waals surface area contributed by atoms with Gasteiger partial charge in [0.15, 0.2) is 6.07 Å². The Morgan fingerprint density at radius 2 is 2.20 bits per heavy atom. The number of hydrogen-bond acceptors (Lipinski definition) is 2. The molecule has 5 heavy (non-hydrogen) atoms. The number of rotatable bonds is 0. The third kappa shape index (κ3) is 2.96. The van der Waals surface area contributed by atoms with Gasteiger partial charge in [0.1, 0.15) is 0 Å². The third-order valence-corrected chi connectivity index (χ3v) is 0.0956. The van der Waals surface area contributed by atoms with Crippen LogP contribution in [-0.4, -0.2) is 11.1 Å². The quantitative estimate of drug-likeness (QED) is 0.312. The van der Waals surface area contributed by atoms with Crippen LogP contribution in [0.3, 0.4) is 0 Å². The molecule has 0 aliphatic heterocycles. The maximum Gasteiger partial charge on any atom is 0.408 e. The van der Waals surface area contributed by atoms with Crippen LogP contribution in [0.15, 0.2) is 0 Å². The largest absolute Gasteiger partial charge is 0.470 e. The summed E-state index contributed by atoms with van der Waals surface area (Å²) in [5.74, 6) is -1.44. The molecule has 26 valence electrons. The predicted molar refractivity (Wildman–Crippen MR) is 13.2 cm³/mol. The summed E-state index contributed by atoms with van der Waals surface area (Å²) in [4.78, 5) is 9.01. The summed E-state index contributed by atoms with van der Waals surface area (Å²) in [6, 6.07) is 0.944. The number of hydrogen-bond donors (Lipinski definition) is 1. The van der Waals surface area contributed by atoms with Crippen molar-refractivity contribution in [2.75, 3.05) is 0 Å². The van der Waals surface area contributed by atoms with E-state index in [2.05, 4.69) is 0 Å². The second-order valence-electron chi connectivity index (χ2n) is 0.417. The molecule has 0 spiro atoms. The average Bonchev–Trinajstić information content (AvgIpc) is 1.38. The number of carbonyl (C=O) groups is 1. The van der Waals surface area contributed by atoms with Crippen LogP contribution in [-0.2, 0) is 4.79 Å². The molecule has 0 fully saturated rings. The number of carboxylic acids is 1. The number of nitriles is 1. The lowest BCUT2D eigenvalue weighted by Gasteiger charge is -1.56. The summed E-state index contributed by atoms with van der Waals surface area (Å²) in [7, 11) is 0. The fraction of sp³-hybridized carbons (Fsp3) is 0. The van der Waals surface area contributed by atoms with Gasteiger partial charge in [-0.3, -0.25) is 0 Å². The van der Waals surface area contributed by atoms with E-state index in [1.165, 1.54) is 0 Å². The standard InChI is InChI=1S/C2HNO2/c3-1-2(4)5/h(H,4,5). The molecule has 0 aromatic rings. The Morgan fingerprint density at radius 3 is 2.20 bits per heavy atom. The van der Waals surface area contributed by atoms with Crippen LogP contribution in [0.5, 0.6) is 0 Å². The number of nitrogens with zero attached hydrogens (tertiary/aromatic N) is 1. The first kappa shape index (κ1) is 3.96. The Hall–Kier alpha value is -1.04. The van der Waals surface area contributed by atoms with E-state index in [9.17, 15) is 0 Å². The van der Waals surface area contributed by atoms with Crippen LogP contribution in [0.25, 0.3) is 0 Å². The van der Waals surface area contributed by atoms with Gasteiger partial charge in [0.25, 0.3) is 0 Å². The van der Waals surface area contributed by atoms with Crippen molar-refractivity contribution in [2.24, 2.45) is 0 Å². The van der Waals surface area contributed by atoms with Gasteiger partial charge in [-0.1, -0.05) is 0 Å². The molecule has 0 amide bonds. The molecule has 0 heterocycles. The van der Waals surface area contributed by atoms with Gasteiger partial charge in [-0.05, 0) is 0 Å². The highest BCUT2D eigenvalue weighted by Gasteiger charge is 1.79. The molecule has 0 bridgehead atoms. The molecule has 0 saturated heterocycles. The van der Waals surface area contributed by atoms with E-state index in [0.717, 1.165) is 6.07 Å². The number of carboxylic acid groups (broad SMARTS) is 1. The summed E-state index contributed by atoms with van der Waals surface area (Å²) in [5, 5.41) is 14.7. The molecule has 0 aromatic carbocycles. The van der Waals surface area contributed by atoms with Gasteiger partial charge < -0.3 is 5.11 Å². The van der Waals surface area contributed by atoms with E-state index in [-0.39, 0.29) is 0 Å². The number of aliphatic carboxylic acids is 1. The van der Waals surface area contributed by atoms with E-state index in [1.807, 2.05) is 0 Å². The second kappa shape index (κ2) is 1.30. The lowest BCUT2D eigenvalue weighted by atomic mass is 10.8. The van der Waals surface area contributed by atoms with Gasteiger partial charge in [-0.2, -0.15) is 5.26 Å². The molecule has 0 atom stereocenters. The van der Waals surface area contributed by atoms with E-state index in [4.69, 9.17) is 15.2 Å². The van der Waals surface area contributed by atoms with E-state index < -0.39 is 5.97 Å². The van der Waals surface area contributed by atoms with E-state index >= 15 is 0 Å². The zero-order valence-electron chi connectivity index (χ0n) is 2.30. The highest BCUT2D eigenvalue weighted by molar-refractivity contribution is 5.83. The Balaban J connectivity index is 3.35. The zero-order valence-corrected chi connectivity index (χ0v) is 2.30. The first-order chi connectivity index (χ1) is 2.27. The SMILES string of the molecule is N#CC(=O)O. The third-order valence-electron chi connectivity index (χ3n) is 0.0956. The minimum absolute atomic E-state index is 0.944. The van der Waals surface area contributed by atoms with Crippen LogP contribution in [0.2, 0.25) is 0 Å². The predicted octanol–water partition coefficient (Wildman–Crippen LogP) is -0.405. The summed E-state index contributed by atoms with van der Waals surface area (Å²) in [6.07, 6.45) is 0. The van der Waals surface area contributed by atoms with Crippen molar-refractivity contribution in [1.29, 1.82) is 5.26 Å². The van der Waals surface area contributed by atoms with Gasteiger partial charge in [0.2, 0.25) is 0 Å². The lowest BCUT2D eigenvalue weighted by Crippen LogP contribution is -1.83. The summed E-state index contributed by atoms with van der Waals surface area (Å²) < 4.78 is 0. The molecule has 3 heteroatoms. The van der Waals surface area contributed by atoms with Crippen molar-refractivity contribution in [1.82, 2.24) is 0 Å². The van der Waals surface area contributed by atoms with Crippen molar-refractivity contribution in [3.63, 3.8) is 0 Å². The van der Waals surface area contributed by atoms with Crippen molar-refractivity contribution in [2.45, 2.75) is 0 Å². The molecule has 0 saturated carbocycles. The normalized spacial score (nSPS) is 5.40. The molecule has 0 unspecified atom stereocenters. The average molecular weight is 71.0 g/mol. The topological polar surface area (TPSA) is 61.1 Å². The Morgan fingerprint density at radius 1 is 2.00 bits per heavy atom. The van der Waals surface area contributed by atoms with Crippen LogP contribution in [0.1, 0.15) is 0 Å². The maximum atomic E-state index is 9.01. The van der Waals surface area contributed by atoms with Gasteiger partial charge in [-0.15, -0.1) is 0 Å². The Labute approximate surface area is 28.5 Å². The second-order valence-corrected chi connectivity index (χ2v) is 0.417. The van der Waals surface area contributed by atoms with Crippen molar-refractivity contribution < 1.29 is 9.90 Å². The summed E-state index contributed by atoms with van der Waals surface area (Å²) in [5.41, 5.74) is 0. The van der Waals surface area contributed by atoms with Gasteiger partial charge in [-0.25, -0.2) is 4.79 Å². The minimum Gasteiger partial charge on any atom is -0.470 e. The van der Waals surface area contributed by atoms with Crippen LogP contribution >= 0.6 is 0 Å². The Bertz CT molecular complexity index is 80.1. The van der Waals surface area contributed by atoms with E-state index in [1.54, 1.807) is 0 Å². The molecular weight excluding hydrogens is 70.0 g/mol. The Kier molecular flexibility index (Phi) is 1.03. The van der Waals surface area contributed by atoms with Gasteiger partial charge in [0, 0.05) is 0 Å². The maximum absolute atomic E-state index is 9.01. The van der Waals surface area contributed by atoms with Crippen molar-refractivity contribution >= 4 is 5.97 Å². The molecule has 1 N–H and O–H groups in total. The molecular formula is C2HNO2. The highest BCUT2D eigenvalue weighted by Crippen LogP contribution is 1.44. The smallest absolute Gasteiger partial charge is 0.408 e. The first-order valence-corrected chi connectivity index (χ1v) is 0.901. The van der Waals surface area contributed by atoms with Crippen molar-refractivity contribution in [3.8, 4) is 6.07 Å². The molecule has 0 rings (SSSR count). The van der Waals surface area contributed by atoms with Crippen LogP contribution in [0.4, 0.5) is 0 Å². The summed E-state index contributed by atoms with van der Waals surface area (Å²) >= 11 is 0.